The molecule has 0 saturated heterocycles. The maximum Gasteiger partial charge on any atom is 0.248 e. The molecule has 0 aliphatic carbocycles. The molecule has 0 atom stereocenters. The van der Waals surface area contributed by atoms with Gasteiger partial charge in [-0.3, -0.25) is 0 Å². The fourth-order valence-corrected chi connectivity index (χ4v) is 2.59. The molecule has 0 aliphatic heterocycles. The Bertz CT molecular complexity index is 904. The minimum absolute atomic E-state index is 0.298. The van der Waals surface area contributed by atoms with E-state index in [9.17, 15) is 0 Å². The van der Waals surface area contributed by atoms with E-state index in [1.165, 1.54) is 6.33 Å². The third kappa shape index (κ3) is 3.67. The van der Waals surface area contributed by atoms with Gasteiger partial charge < -0.3 is 15.8 Å². The Morgan fingerprint density at radius 3 is 2.36 bits per heavy atom. The number of rotatable bonds is 4. The molecule has 25 heavy (non-hydrogen) atoms. The van der Waals surface area contributed by atoms with Crippen molar-refractivity contribution in [2.24, 2.45) is 0 Å². The summed E-state index contributed by atoms with van der Waals surface area (Å²) in [4.78, 5) is 8.37. The van der Waals surface area contributed by atoms with Gasteiger partial charge in [-0.15, -0.1) is 0 Å². The zero-order chi connectivity index (χ0) is 18.0. The summed E-state index contributed by atoms with van der Waals surface area (Å²) in [7, 11) is 0. The summed E-state index contributed by atoms with van der Waals surface area (Å²) in [6.45, 7) is 5.86. The number of hydrogen-bond donors (Lipinski definition) is 2. The van der Waals surface area contributed by atoms with Crippen LogP contribution in [0.5, 0.6) is 11.6 Å². The number of nitrogens with one attached hydrogen (secondary N) is 1. The molecule has 0 saturated carbocycles. The summed E-state index contributed by atoms with van der Waals surface area (Å²) in [5.41, 5.74) is 10.4. The number of halogens is 1. The van der Waals surface area contributed by atoms with Gasteiger partial charge in [0.2, 0.25) is 5.88 Å². The molecule has 0 amide bonds. The van der Waals surface area contributed by atoms with Crippen molar-refractivity contribution in [3.63, 3.8) is 0 Å². The van der Waals surface area contributed by atoms with E-state index in [2.05, 4.69) is 15.3 Å². The molecule has 0 aliphatic rings. The first-order chi connectivity index (χ1) is 12.0. The highest BCUT2D eigenvalue weighted by Gasteiger charge is 2.12. The van der Waals surface area contributed by atoms with Crippen LogP contribution < -0.4 is 15.8 Å². The number of nitrogens with two attached hydrogens (primary N) is 1. The fraction of sp³-hybridized carbons (Fsp3) is 0.158. The average Bonchev–Trinajstić information content (AvgIpc) is 2.58. The quantitative estimate of drug-likeness (QED) is 0.675. The molecule has 0 bridgehead atoms. The first-order valence-corrected chi connectivity index (χ1v) is 8.21. The zero-order valence-electron chi connectivity index (χ0n) is 14.3. The van der Waals surface area contributed by atoms with E-state index >= 15 is 0 Å². The van der Waals surface area contributed by atoms with Crippen LogP contribution in [-0.2, 0) is 0 Å². The lowest BCUT2D eigenvalue weighted by Crippen LogP contribution is -2.04. The molecule has 3 N–H and O–H groups in total. The Balaban J connectivity index is 1.90. The van der Waals surface area contributed by atoms with Crippen LogP contribution in [-0.4, -0.2) is 9.97 Å². The van der Waals surface area contributed by atoms with Crippen LogP contribution in [0.1, 0.15) is 16.7 Å². The topological polar surface area (TPSA) is 73.1 Å². The molecule has 6 heteroatoms. The zero-order valence-corrected chi connectivity index (χ0v) is 15.1. The minimum atomic E-state index is 0.298. The Morgan fingerprint density at radius 1 is 1.00 bits per heavy atom. The second kappa shape index (κ2) is 6.99. The predicted octanol–water partition coefficient (Wildman–Crippen LogP) is 5.17. The number of para-hydroxylation sites is 1. The highest BCUT2D eigenvalue weighted by atomic mass is 35.5. The third-order valence-electron chi connectivity index (χ3n) is 3.87. The van der Waals surface area contributed by atoms with E-state index in [4.69, 9.17) is 22.1 Å². The van der Waals surface area contributed by atoms with Crippen molar-refractivity contribution in [2.45, 2.75) is 20.8 Å². The van der Waals surface area contributed by atoms with Gasteiger partial charge in [0.1, 0.15) is 17.8 Å². The molecule has 2 aromatic carbocycles. The SMILES string of the molecule is Cc1ccccc1Nc1ncnc(Oc2cc(C)c(Cl)c(C)c2)c1N. The second-order valence-electron chi connectivity index (χ2n) is 5.85. The molecule has 1 heterocycles. The molecule has 0 fully saturated rings. The first-order valence-electron chi connectivity index (χ1n) is 7.83. The average molecular weight is 355 g/mol. The van der Waals surface area contributed by atoms with Gasteiger partial charge in [-0.25, -0.2) is 4.98 Å². The maximum atomic E-state index is 6.20. The standard InChI is InChI=1S/C19H19ClN4O/c1-11-6-4-5-7-15(11)24-18-17(21)19(23-10-22-18)25-14-8-12(2)16(20)13(3)9-14/h4-10H,21H2,1-3H3,(H,22,23,24). The van der Waals surface area contributed by atoms with E-state index in [-0.39, 0.29) is 0 Å². The van der Waals surface area contributed by atoms with Crippen LogP contribution in [0.4, 0.5) is 17.2 Å². The van der Waals surface area contributed by atoms with E-state index < -0.39 is 0 Å². The molecule has 1 aromatic heterocycles. The van der Waals surface area contributed by atoms with Gasteiger partial charge in [0.15, 0.2) is 5.82 Å². The van der Waals surface area contributed by atoms with E-state index in [0.717, 1.165) is 27.4 Å². The van der Waals surface area contributed by atoms with Crippen molar-refractivity contribution in [1.29, 1.82) is 0 Å². The highest BCUT2D eigenvalue weighted by molar-refractivity contribution is 6.32. The van der Waals surface area contributed by atoms with Crippen molar-refractivity contribution in [3.05, 3.63) is 64.4 Å². The van der Waals surface area contributed by atoms with Crippen molar-refractivity contribution in [2.75, 3.05) is 11.1 Å². The van der Waals surface area contributed by atoms with Gasteiger partial charge in [0.05, 0.1) is 0 Å². The van der Waals surface area contributed by atoms with E-state index in [0.29, 0.717) is 23.1 Å². The molecule has 3 rings (SSSR count). The van der Waals surface area contributed by atoms with Crippen LogP contribution in [0, 0.1) is 20.8 Å². The van der Waals surface area contributed by atoms with Gasteiger partial charge in [-0.2, -0.15) is 4.98 Å². The number of benzene rings is 2. The molecule has 0 unspecified atom stereocenters. The number of ether oxygens (including phenoxy) is 1. The number of aryl methyl sites for hydroxylation is 3. The smallest absolute Gasteiger partial charge is 0.248 e. The van der Waals surface area contributed by atoms with Crippen LogP contribution >= 0.6 is 11.6 Å². The molecule has 128 valence electrons. The Hall–Kier alpha value is -2.79. The van der Waals surface area contributed by atoms with Crippen LogP contribution in [0.25, 0.3) is 0 Å². The number of hydrogen-bond acceptors (Lipinski definition) is 5. The van der Waals surface area contributed by atoms with Crippen LogP contribution in [0.3, 0.4) is 0 Å². The Kier molecular flexibility index (Phi) is 4.76. The minimum Gasteiger partial charge on any atom is -0.437 e. The van der Waals surface area contributed by atoms with Crippen molar-refractivity contribution in [1.82, 2.24) is 9.97 Å². The normalized spacial score (nSPS) is 10.6. The molecule has 3 aromatic rings. The largest absolute Gasteiger partial charge is 0.437 e. The molecule has 5 nitrogen and oxygen atoms in total. The lowest BCUT2D eigenvalue weighted by molar-refractivity contribution is 0.464. The summed E-state index contributed by atoms with van der Waals surface area (Å²) >= 11 is 6.20. The molecule has 0 radical (unpaired) electrons. The van der Waals surface area contributed by atoms with E-state index in [1.807, 2.05) is 57.2 Å². The van der Waals surface area contributed by atoms with Crippen molar-refractivity contribution >= 4 is 28.8 Å². The highest BCUT2D eigenvalue weighted by Crippen LogP contribution is 2.33. The summed E-state index contributed by atoms with van der Waals surface area (Å²) in [6, 6.07) is 11.6. The van der Waals surface area contributed by atoms with Crippen molar-refractivity contribution in [3.8, 4) is 11.6 Å². The maximum absolute atomic E-state index is 6.20. The number of anilines is 3. The Labute approximate surface area is 151 Å². The second-order valence-corrected chi connectivity index (χ2v) is 6.23. The monoisotopic (exact) mass is 354 g/mol. The lowest BCUT2D eigenvalue weighted by atomic mass is 10.1. The van der Waals surface area contributed by atoms with Gasteiger partial charge in [0, 0.05) is 10.7 Å². The van der Waals surface area contributed by atoms with Gasteiger partial charge in [-0.1, -0.05) is 29.8 Å². The summed E-state index contributed by atoms with van der Waals surface area (Å²) in [5.74, 6) is 1.43. The van der Waals surface area contributed by atoms with Crippen LogP contribution in [0.15, 0.2) is 42.7 Å². The fourth-order valence-electron chi connectivity index (χ4n) is 2.48. The van der Waals surface area contributed by atoms with Crippen LogP contribution in [0.2, 0.25) is 5.02 Å². The first kappa shape index (κ1) is 17.0. The number of nitrogen functional groups attached to an aromatic ring is 1. The lowest BCUT2D eigenvalue weighted by Gasteiger charge is -2.14. The molecule has 0 spiro atoms. The third-order valence-corrected chi connectivity index (χ3v) is 4.47. The Morgan fingerprint density at radius 2 is 1.68 bits per heavy atom. The van der Waals surface area contributed by atoms with Gasteiger partial charge >= 0.3 is 0 Å². The van der Waals surface area contributed by atoms with Gasteiger partial charge in [0.25, 0.3) is 0 Å². The summed E-state index contributed by atoms with van der Waals surface area (Å²) in [6.07, 6.45) is 1.42. The van der Waals surface area contributed by atoms with Gasteiger partial charge in [-0.05, 0) is 55.7 Å². The predicted molar refractivity (Wildman–Crippen MR) is 102 cm³/mol. The number of nitrogens with zero attached hydrogens (tertiary/aromatic N) is 2. The summed E-state index contributed by atoms with van der Waals surface area (Å²) in [5, 5.41) is 3.95. The van der Waals surface area contributed by atoms with Crippen molar-refractivity contribution < 1.29 is 4.74 Å². The molecular weight excluding hydrogens is 336 g/mol. The number of aromatic nitrogens is 2. The molecular formula is C19H19ClN4O. The van der Waals surface area contributed by atoms with E-state index in [1.54, 1.807) is 0 Å². The summed E-state index contributed by atoms with van der Waals surface area (Å²) < 4.78 is 5.86.